The number of carbonyl (C=O) groups excluding carboxylic acids is 1. The zero-order chi connectivity index (χ0) is 16.7. The fourth-order valence-electron chi connectivity index (χ4n) is 4.22. The highest BCUT2D eigenvalue weighted by atomic mass is 35.5. The molecule has 0 amide bonds. The van der Waals surface area contributed by atoms with Gasteiger partial charge in [0.2, 0.25) is 0 Å². The van der Waals surface area contributed by atoms with Crippen molar-refractivity contribution in [1.82, 2.24) is 0 Å². The molecule has 3 nitrogen and oxygen atoms in total. The second-order valence-electron chi connectivity index (χ2n) is 6.58. The first-order valence-electron chi connectivity index (χ1n) is 8.38. The summed E-state index contributed by atoms with van der Waals surface area (Å²) in [5.41, 5.74) is 2.18. The average Bonchev–Trinajstić information content (AvgIpc) is 2.62. The summed E-state index contributed by atoms with van der Waals surface area (Å²) in [5.74, 6) is 1.24. The molecular weight excluding hydrogens is 322 g/mol. The SMILES string of the molecule is COc1ccc(N2[C@H]3CC[C@H](C(=O)C3)[C@@H]2c2ccccc2Cl)cc1. The molecule has 0 spiro atoms. The molecule has 0 unspecified atom stereocenters. The number of methoxy groups -OCH3 is 1. The Labute approximate surface area is 147 Å². The topological polar surface area (TPSA) is 29.5 Å². The third kappa shape index (κ3) is 2.48. The van der Waals surface area contributed by atoms with Gasteiger partial charge in [-0.2, -0.15) is 0 Å². The van der Waals surface area contributed by atoms with E-state index in [-0.39, 0.29) is 18.0 Å². The van der Waals surface area contributed by atoms with Crippen molar-refractivity contribution in [1.29, 1.82) is 0 Å². The number of hydrogen-bond donors (Lipinski definition) is 0. The molecule has 2 saturated heterocycles. The van der Waals surface area contributed by atoms with E-state index in [0.29, 0.717) is 12.2 Å². The van der Waals surface area contributed by atoms with Crippen LogP contribution in [0.2, 0.25) is 5.02 Å². The van der Waals surface area contributed by atoms with Gasteiger partial charge in [-0.1, -0.05) is 29.8 Å². The van der Waals surface area contributed by atoms with Crippen LogP contribution in [0.15, 0.2) is 48.5 Å². The maximum Gasteiger partial charge on any atom is 0.140 e. The molecule has 4 heteroatoms. The Morgan fingerprint density at radius 1 is 1.08 bits per heavy atom. The van der Waals surface area contributed by atoms with Crippen molar-refractivity contribution >= 4 is 23.1 Å². The molecule has 0 aromatic heterocycles. The lowest BCUT2D eigenvalue weighted by molar-refractivity contribution is -0.128. The molecule has 0 radical (unpaired) electrons. The number of fused-ring (bicyclic) bond motifs is 3. The van der Waals surface area contributed by atoms with Crippen LogP contribution in [0.5, 0.6) is 5.75 Å². The molecule has 0 N–H and O–H groups in total. The predicted octanol–water partition coefficient (Wildman–Crippen LogP) is 4.65. The summed E-state index contributed by atoms with van der Waals surface area (Å²) >= 11 is 6.48. The molecule has 24 heavy (non-hydrogen) atoms. The monoisotopic (exact) mass is 341 g/mol. The van der Waals surface area contributed by atoms with Crippen LogP contribution in [-0.2, 0) is 4.79 Å². The normalized spacial score (nSPS) is 25.8. The number of ketones is 1. The van der Waals surface area contributed by atoms with Crippen molar-refractivity contribution in [2.45, 2.75) is 31.3 Å². The number of carbonyl (C=O) groups is 1. The summed E-state index contributed by atoms with van der Waals surface area (Å²) in [7, 11) is 1.67. The van der Waals surface area contributed by atoms with Crippen LogP contribution < -0.4 is 9.64 Å². The van der Waals surface area contributed by atoms with Gasteiger partial charge in [0.15, 0.2) is 0 Å². The fourth-order valence-corrected chi connectivity index (χ4v) is 4.47. The number of anilines is 1. The smallest absolute Gasteiger partial charge is 0.140 e. The summed E-state index contributed by atoms with van der Waals surface area (Å²) in [6.45, 7) is 0. The van der Waals surface area contributed by atoms with Crippen LogP contribution in [-0.4, -0.2) is 18.9 Å². The second-order valence-corrected chi connectivity index (χ2v) is 6.99. The molecule has 1 saturated carbocycles. The van der Waals surface area contributed by atoms with Crippen molar-refractivity contribution in [2.75, 3.05) is 12.0 Å². The molecular formula is C20H20ClNO2. The first-order valence-corrected chi connectivity index (χ1v) is 8.76. The van der Waals surface area contributed by atoms with E-state index in [1.165, 1.54) is 0 Å². The Hall–Kier alpha value is -2.00. The van der Waals surface area contributed by atoms with Crippen molar-refractivity contribution in [3.05, 3.63) is 59.1 Å². The number of hydrogen-bond acceptors (Lipinski definition) is 3. The largest absolute Gasteiger partial charge is 0.497 e. The van der Waals surface area contributed by atoms with Crippen LogP contribution in [0, 0.1) is 5.92 Å². The van der Waals surface area contributed by atoms with Gasteiger partial charge in [-0.25, -0.2) is 0 Å². The van der Waals surface area contributed by atoms with Crippen LogP contribution in [0.25, 0.3) is 0 Å². The predicted molar refractivity (Wildman–Crippen MR) is 95.8 cm³/mol. The Bertz CT molecular complexity index is 758. The van der Waals surface area contributed by atoms with Gasteiger partial charge < -0.3 is 9.64 Å². The molecule has 2 heterocycles. The van der Waals surface area contributed by atoms with Crippen molar-refractivity contribution < 1.29 is 9.53 Å². The number of piperidine rings is 2. The summed E-state index contributed by atoms with van der Waals surface area (Å²) in [5, 5.41) is 0.737. The highest BCUT2D eigenvalue weighted by Gasteiger charge is 2.47. The second kappa shape index (κ2) is 6.14. The summed E-state index contributed by atoms with van der Waals surface area (Å²) in [6, 6.07) is 16.3. The number of rotatable bonds is 3. The molecule has 5 rings (SSSR count). The Kier molecular flexibility index (Phi) is 3.97. The van der Waals surface area contributed by atoms with Gasteiger partial charge in [-0.3, -0.25) is 4.79 Å². The maximum atomic E-state index is 12.5. The maximum absolute atomic E-state index is 12.5. The molecule has 3 aliphatic rings. The lowest BCUT2D eigenvalue weighted by Gasteiger charge is -2.52. The fraction of sp³-hybridized carbons (Fsp3) is 0.350. The van der Waals surface area contributed by atoms with E-state index in [2.05, 4.69) is 23.1 Å². The van der Waals surface area contributed by atoms with E-state index >= 15 is 0 Å². The van der Waals surface area contributed by atoms with E-state index in [9.17, 15) is 4.79 Å². The summed E-state index contributed by atoms with van der Waals surface area (Å²) in [6.07, 6.45) is 2.65. The van der Waals surface area contributed by atoms with Gasteiger partial charge >= 0.3 is 0 Å². The molecule has 2 bridgehead atoms. The minimum Gasteiger partial charge on any atom is -0.497 e. The third-order valence-electron chi connectivity index (χ3n) is 5.33. The summed E-state index contributed by atoms with van der Waals surface area (Å²) in [4.78, 5) is 14.9. The van der Waals surface area contributed by atoms with Crippen molar-refractivity contribution in [3.8, 4) is 5.75 Å². The van der Waals surface area contributed by atoms with Gasteiger partial charge in [0.05, 0.1) is 13.2 Å². The lowest BCUT2D eigenvalue weighted by Crippen LogP contribution is -2.54. The lowest BCUT2D eigenvalue weighted by atomic mass is 9.71. The Balaban J connectivity index is 1.80. The Morgan fingerprint density at radius 2 is 1.83 bits per heavy atom. The van der Waals surface area contributed by atoms with Gasteiger partial charge in [-0.15, -0.1) is 0 Å². The van der Waals surface area contributed by atoms with Crippen LogP contribution >= 0.6 is 11.6 Å². The van der Waals surface area contributed by atoms with E-state index < -0.39 is 0 Å². The summed E-state index contributed by atoms with van der Waals surface area (Å²) < 4.78 is 5.27. The third-order valence-corrected chi connectivity index (χ3v) is 5.67. The number of Topliss-reactive ketones (excluding diaryl/α,β-unsaturated/α-hetero) is 1. The average molecular weight is 342 g/mol. The van der Waals surface area contributed by atoms with Gasteiger partial charge in [0.1, 0.15) is 11.5 Å². The zero-order valence-corrected chi connectivity index (χ0v) is 14.4. The quantitative estimate of drug-likeness (QED) is 0.814. The highest BCUT2D eigenvalue weighted by Crippen LogP contribution is 2.49. The number of ether oxygens (including phenoxy) is 1. The molecule has 2 aromatic rings. The van der Waals surface area contributed by atoms with Crippen LogP contribution in [0.4, 0.5) is 5.69 Å². The first-order chi connectivity index (χ1) is 11.7. The number of benzene rings is 2. The molecule has 3 atom stereocenters. The molecule has 3 fully saturated rings. The number of halogens is 1. The van der Waals surface area contributed by atoms with Crippen molar-refractivity contribution in [2.24, 2.45) is 5.92 Å². The zero-order valence-electron chi connectivity index (χ0n) is 13.6. The standard InChI is InChI=1S/C20H20ClNO2/c1-24-15-9-6-13(7-10-15)22-14-8-11-17(19(23)12-14)20(22)16-4-2-3-5-18(16)21/h2-7,9-10,14,17,20H,8,11-12H2,1H3/t14-,17+,20-/m0/s1. The minimum absolute atomic E-state index is 0.0205. The number of nitrogens with zero attached hydrogens (tertiary/aromatic N) is 1. The van der Waals surface area contributed by atoms with Crippen LogP contribution in [0.1, 0.15) is 30.9 Å². The van der Waals surface area contributed by atoms with E-state index in [1.54, 1.807) is 7.11 Å². The van der Waals surface area contributed by atoms with E-state index in [1.807, 2.05) is 30.3 Å². The van der Waals surface area contributed by atoms with Crippen LogP contribution in [0.3, 0.4) is 0 Å². The Morgan fingerprint density at radius 3 is 2.50 bits per heavy atom. The molecule has 1 aliphatic carbocycles. The molecule has 124 valence electrons. The van der Waals surface area contributed by atoms with Crippen molar-refractivity contribution in [3.63, 3.8) is 0 Å². The van der Waals surface area contributed by atoms with E-state index in [4.69, 9.17) is 16.3 Å². The van der Waals surface area contributed by atoms with Gasteiger partial charge in [-0.05, 0) is 48.7 Å². The molecule has 2 aromatic carbocycles. The first kappa shape index (κ1) is 15.5. The van der Waals surface area contributed by atoms with Gasteiger partial charge in [0, 0.05) is 29.1 Å². The highest BCUT2D eigenvalue weighted by molar-refractivity contribution is 6.31. The molecule has 2 aliphatic heterocycles. The minimum atomic E-state index is 0.0205. The van der Waals surface area contributed by atoms with E-state index in [0.717, 1.165) is 34.9 Å². The van der Waals surface area contributed by atoms with Gasteiger partial charge in [0.25, 0.3) is 0 Å².